The number of morpholine rings is 1. The van der Waals surface area contributed by atoms with Gasteiger partial charge in [0.25, 0.3) is 0 Å². The van der Waals surface area contributed by atoms with Crippen molar-refractivity contribution < 1.29 is 14.3 Å². The number of carbonyl (C=O) groups is 2. The molecule has 2 aromatic carbocycles. The van der Waals surface area contributed by atoms with E-state index in [1.165, 1.54) is 22.9 Å². The summed E-state index contributed by atoms with van der Waals surface area (Å²) in [6.45, 7) is 3.09. The molecule has 6 heteroatoms. The maximum atomic E-state index is 12.2. The Kier molecular flexibility index (Phi) is 8.58. The Morgan fingerprint density at radius 1 is 0.931 bits per heavy atom. The Balaban J connectivity index is 1.42. The number of rotatable bonds is 9. The largest absolute Gasteiger partial charge is 0.378 e. The number of benzene rings is 2. The van der Waals surface area contributed by atoms with E-state index in [4.69, 9.17) is 4.74 Å². The molecule has 0 radical (unpaired) electrons. The van der Waals surface area contributed by atoms with Crippen LogP contribution in [0.3, 0.4) is 0 Å². The number of amides is 2. The highest BCUT2D eigenvalue weighted by Gasteiger charge is 2.17. The van der Waals surface area contributed by atoms with Crippen LogP contribution in [0.4, 0.5) is 0 Å². The molecule has 1 aliphatic rings. The lowest BCUT2D eigenvalue weighted by molar-refractivity contribution is -0.132. The van der Waals surface area contributed by atoms with Crippen LogP contribution in [-0.2, 0) is 14.3 Å². The van der Waals surface area contributed by atoms with Crippen molar-refractivity contribution in [3.8, 4) is 0 Å². The lowest BCUT2D eigenvalue weighted by atomic mass is 9.88. The molecule has 0 aromatic heterocycles. The molecule has 2 amide bonds. The van der Waals surface area contributed by atoms with Gasteiger partial charge in [-0.3, -0.25) is 9.59 Å². The highest BCUT2D eigenvalue weighted by molar-refractivity contribution is 8.00. The molecular weight excluding hydrogens is 384 g/mol. The predicted molar refractivity (Wildman–Crippen MR) is 117 cm³/mol. The minimum atomic E-state index is -0.0235. The van der Waals surface area contributed by atoms with Crippen LogP contribution in [0.15, 0.2) is 60.7 Å². The number of hydrogen-bond donors (Lipinski definition) is 1. The predicted octanol–water partition coefficient (Wildman–Crippen LogP) is 2.92. The first-order valence-electron chi connectivity index (χ1n) is 10.0. The summed E-state index contributed by atoms with van der Waals surface area (Å²) in [4.78, 5) is 26.1. The molecule has 1 saturated heterocycles. The summed E-state index contributed by atoms with van der Waals surface area (Å²) in [6, 6.07) is 20.7. The van der Waals surface area contributed by atoms with Crippen LogP contribution in [-0.4, -0.2) is 61.1 Å². The molecule has 1 aliphatic heterocycles. The van der Waals surface area contributed by atoms with Crippen molar-refractivity contribution in [1.82, 2.24) is 10.2 Å². The van der Waals surface area contributed by atoms with E-state index in [1.807, 2.05) is 36.4 Å². The molecule has 1 heterocycles. The Hall–Kier alpha value is -2.31. The third kappa shape index (κ3) is 6.91. The molecule has 0 bridgehead atoms. The average Bonchev–Trinajstić information content (AvgIpc) is 2.78. The zero-order valence-corrected chi connectivity index (χ0v) is 17.4. The van der Waals surface area contributed by atoms with Crippen molar-refractivity contribution in [2.45, 2.75) is 12.3 Å². The van der Waals surface area contributed by atoms with Crippen molar-refractivity contribution in [1.29, 1.82) is 0 Å². The Morgan fingerprint density at radius 3 is 2.10 bits per heavy atom. The van der Waals surface area contributed by atoms with Crippen molar-refractivity contribution in [2.75, 3.05) is 44.4 Å². The molecule has 0 spiro atoms. The first kappa shape index (κ1) is 21.4. The van der Waals surface area contributed by atoms with Gasteiger partial charge in [0, 0.05) is 25.6 Å². The second kappa shape index (κ2) is 11.6. The van der Waals surface area contributed by atoms with E-state index in [2.05, 4.69) is 29.6 Å². The van der Waals surface area contributed by atoms with E-state index in [0.717, 1.165) is 6.42 Å². The number of ether oxygens (including phenoxy) is 1. The van der Waals surface area contributed by atoms with Crippen molar-refractivity contribution in [3.63, 3.8) is 0 Å². The van der Waals surface area contributed by atoms with E-state index < -0.39 is 0 Å². The normalized spacial score (nSPS) is 14.0. The second-order valence-electron chi connectivity index (χ2n) is 7.00. The fourth-order valence-corrected chi connectivity index (χ4v) is 4.19. The maximum Gasteiger partial charge on any atom is 0.232 e. The average molecular weight is 413 g/mol. The second-order valence-corrected chi connectivity index (χ2v) is 7.98. The smallest absolute Gasteiger partial charge is 0.232 e. The summed E-state index contributed by atoms with van der Waals surface area (Å²) in [6.07, 6.45) is 0.830. The quantitative estimate of drug-likeness (QED) is 0.688. The lowest BCUT2D eigenvalue weighted by Crippen LogP contribution is -2.41. The summed E-state index contributed by atoms with van der Waals surface area (Å²) >= 11 is 1.37. The first-order chi connectivity index (χ1) is 14.2. The summed E-state index contributed by atoms with van der Waals surface area (Å²) in [5.41, 5.74) is 2.50. The monoisotopic (exact) mass is 412 g/mol. The molecule has 1 fully saturated rings. The van der Waals surface area contributed by atoms with Gasteiger partial charge in [0.15, 0.2) is 0 Å². The Bertz CT molecular complexity index is 725. The van der Waals surface area contributed by atoms with Gasteiger partial charge in [0.2, 0.25) is 11.8 Å². The van der Waals surface area contributed by atoms with Crippen LogP contribution in [0.1, 0.15) is 23.5 Å². The van der Waals surface area contributed by atoms with Gasteiger partial charge in [-0.15, -0.1) is 11.8 Å². The van der Waals surface area contributed by atoms with Gasteiger partial charge in [-0.1, -0.05) is 60.7 Å². The summed E-state index contributed by atoms with van der Waals surface area (Å²) < 4.78 is 5.26. The first-order valence-corrected chi connectivity index (χ1v) is 11.2. The van der Waals surface area contributed by atoms with Gasteiger partial charge in [-0.05, 0) is 17.5 Å². The van der Waals surface area contributed by atoms with E-state index in [9.17, 15) is 9.59 Å². The van der Waals surface area contributed by atoms with Crippen LogP contribution in [0, 0.1) is 0 Å². The molecule has 0 saturated carbocycles. The molecule has 0 atom stereocenters. The minimum Gasteiger partial charge on any atom is -0.378 e. The van der Waals surface area contributed by atoms with Gasteiger partial charge in [-0.2, -0.15) is 0 Å². The molecular formula is C23H28N2O3S. The summed E-state index contributed by atoms with van der Waals surface area (Å²) in [5, 5.41) is 3.00. The van der Waals surface area contributed by atoms with Crippen LogP contribution in [0.2, 0.25) is 0 Å². The van der Waals surface area contributed by atoms with Gasteiger partial charge >= 0.3 is 0 Å². The lowest BCUT2D eigenvalue weighted by Gasteiger charge is -2.26. The molecule has 154 valence electrons. The van der Waals surface area contributed by atoms with E-state index in [0.29, 0.717) is 44.4 Å². The number of carbonyl (C=O) groups excluding carboxylic acids is 2. The highest BCUT2D eigenvalue weighted by atomic mass is 32.2. The Labute approximate surface area is 176 Å². The maximum absolute atomic E-state index is 12.2. The third-order valence-electron chi connectivity index (χ3n) is 4.98. The minimum absolute atomic E-state index is 0.0235. The number of thioether (sulfide) groups is 1. The molecule has 5 nitrogen and oxygen atoms in total. The summed E-state index contributed by atoms with van der Waals surface area (Å²) in [5.74, 6) is 0.943. The van der Waals surface area contributed by atoms with Crippen LogP contribution < -0.4 is 5.32 Å². The standard InChI is InChI=1S/C23H28N2O3S/c26-22(17-29-18-23(27)25-13-15-28-16-14-25)24-12-11-21(19-7-3-1-4-8-19)20-9-5-2-6-10-20/h1-10,21H,11-18H2,(H,24,26). The third-order valence-corrected chi connectivity index (χ3v) is 5.90. The van der Waals surface area contributed by atoms with Crippen molar-refractivity contribution in [2.24, 2.45) is 0 Å². The number of nitrogens with one attached hydrogen (secondary N) is 1. The van der Waals surface area contributed by atoms with Crippen LogP contribution in [0.25, 0.3) is 0 Å². The van der Waals surface area contributed by atoms with Crippen LogP contribution >= 0.6 is 11.8 Å². The summed E-state index contributed by atoms with van der Waals surface area (Å²) in [7, 11) is 0. The molecule has 1 N–H and O–H groups in total. The number of hydrogen-bond acceptors (Lipinski definition) is 4. The van der Waals surface area contributed by atoms with Gasteiger partial charge < -0.3 is 15.0 Å². The molecule has 3 rings (SSSR count). The van der Waals surface area contributed by atoms with Gasteiger partial charge in [-0.25, -0.2) is 0 Å². The fraction of sp³-hybridized carbons (Fsp3) is 0.391. The van der Waals surface area contributed by atoms with Crippen LogP contribution in [0.5, 0.6) is 0 Å². The molecule has 0 unspecified atom stereocenters. The Morgan fingerprint density at radius 2 is 1.52 bits per heavy atom. The van der Waals surface area contributed by atoms with E-state index in [-0.39, 0.29) is 17.7 Å². The van der Waals surface area contributed by atoms with Gasteiger partial charge in [0.1, 0.15) is 0 Å². The molecule has 0 aliphatic carbocycles. The van der Waals surface area contributed by atoms with E-state index >= 15 is 0 Å². The molecule has 29 heavy (non-hydrogen) atoms. The fourth-order valence-electron chi connectivity index (χ4n) is 3.44. The van der Waals surface area contributed by atoms with Crippen molar-refractivity contribution in [3.05, 3.63) is 71.8 Å². The number of nitrogens with zero attached hydrogens (tertiary/aromatic N) is 1. The molecule has 2 aromatic rings. The SMILES string of the molecule is O=C(CSCC(=O)N1CCOCC1)NCCC(c1ccccc1)c1ccccc1. The van der Waals surface area contributed by atoms with Gasteiger partial charge in [0.05, 0.1) is 24.7 Å². The van der Waals surface area contributed by atoms with E-state index in [1.54, 1.807) is 4.90 Å². The zero-order valence-electron chi connectivity index (χ0n) is 16.6. The highest BCUT2D eigenvalue weighted by Crippen LogP contribution is 2.27. The van der Waals surface area contributed by atoms with Crippen molar-refractivity contribution >= 4 is 23.6 Å². The topological polar surface area (TPSA) is 58.6 Å². The zero-order chi connectivity index (χ0) is 20.3.